The molecule has 5 rings (SSSR count). The van der Waals surface area contributed by atoms with Gasteiger partial charge in [-0.25, -0.2) is 0 Å². The summed E-state index contributed by atoms with van der Waals surface area (Å²) in [5, 5.41) is 0. The largest absolute Gasteiger partial charge is 0.365 e. The second kappa shape index (κ2) is 7.66. The van der Waals surface area contributed by atoms with Gasteiger partial charge in [0.15, 0.2) is 11.6 Å². The van der Waals surface area contributed by atoms with Gasteiger partial charge in [0.05, 0.1) is 13.2 Å². The van der Waals surface area contributed by atoms with Crippen molar-refractivity contribution in [3.8, 4) is 11.1 Å². The average molecular weight is 427 g/mol. The lowest BCUT2D eigenvalue weighted by atomic mass is 9.97. The van der Waals surface area contributed by atoms with Gasteiger partial charge in [-0.05, 0) is 44.4 Å². The van der Waals surface area contributed by atoms with Crippen LogP contribution in [0.25, 0.3) is 11.1 Å². The zero-order chi connectivity index (χ0) is 21.7. The molecule has 0 N–H and O–H groups in total. The summed E-state index contributed by atoms with van der Waals surface area (Å²) >= 11 is 0. The minimum atomic E-state index is -1.02. The fraction of sp³-hybridized carbons (Fsp3) is 0.520. The minimum Gasteiger partial charge on any atom is -0.365 e. The third kappa shape index (κ3) is 4.16. The van der Waals surface area contributed by atoms with Crippen molar-refractivity contribution in [1.82, 2.24) is 0 Å². The lowest BCUT2D eigenvalue weighted by Gasteiger charge is -2.43. The average Bonchev–Trinajstić information content (AvgIpc) is 3.23. The highest BCUT2D eigenvalue weighted by Gasteiger charge is 2.63. The van der Waals surface area contributed by atoms with Crippen LogP contribution in [0.1, 0.15) is 33.3 Å². The van der Waals surface area contributed by atoms with Gasteiger partial charge in [-0.2, -0.15) is 0 Å². The summed E-state index contributed by atoms with van der Waals surface area (Å²) in [4.78, 5) is 0. The van der Waals surface area contributed by atoms with Crippen molar-refractivity contribution in [3.05, 3.63) is 60.2 Å². The van der Waals surface area contributed by atoms with Crippen LogP contribution >= 0.6 is 0 Å². The zero-order valence-corrected chi connectivity index (χ0v) is 18.5. The molecule has 1 spiro atoms. The lowest BCUT2D eigenvalue weighted by molar-refractivity contribution is -0.336. The predicted octanol–water partition coefficient (Wildman–Crippen LogP) is 4.27. The van der Waals surface area contributed by atoms with Crippen molar-refractivity contribution in [2.75, 3.05) is 13.2 Å². The van der Waals surface area contributed by atoms with E-state index < -0.39 is 23.5 Å². The highest BCUT2D eigenvalue weighted by Crippen LogP contribution is 2.45. The topological polar surface area (TPSA) is 55.4 Å². The van der Waals surface area contributed by atoms with Gasteiger partial charge in [-0.15, -0.1) is 0 Å². The maximum Gasteiger partial charge on any atom is 0.224 e. The molecule has 3 fully saturated rings. The Morgan fingerprint density at radius 3 is 2.23 bits per heavy atom. The molecule has 2 aromatic carbocycles. The number of fused-ring (bicyclic) bond motifs is 1. The van der Waals surface area contributed by atoms with E-state index >= 15 is 0 Å². The van der Waals surface area contributed by atoms with Crippen molar-refractivity contribution >= 4 is 0 Å². The van der Waals surface area contributed by atoms with Crippen LogP contribution in [0.4, 0.5) is 0 Å². The summed E-state index contributed by atoms with van der Waals surface area (Å²) in [6.07, 6.45) is -0.994. The molecule has 6 heteroatoms. The monoisotopic (exact) mass is 426 g/mol. The fourth-order valence-electron chi connectivity index (χ4n) is 4.60. The van der Waals surface area contributed by atoms with E-state index in [0.29, 0.717) is 13.2 Å². The first-order chi connectivity index (χ1) is 14.8. The van der Waals surface area contributed by atoms with Gasteiger partial charge < -0.3 is 28.4 Å². The Morgan fingerprint density at radius 1 is 0.839 bits per heavy atom. The number of hydrogen-bond acceptors (Lipinski definition) is 6. The van der Waals surface area contributed by atoms with Crippen LogP contribution in [0, 0.1) is 0 Å². The second-order valence-electron chi connectivity index (χ2n) is 9.35. The molecule has 4 atom stereocenters. The summed E-state index contributed by atoms with van der Waals surface area (Å²) in [5.74, 6) is -2.46. The van der Waals surface area contributed by atoms with E-state index in [2.05, 4.69) is 36.4 Å². The minimum absolute atomic E-state index is 0.210. The molecule has 0 aliphatic carbocycles. The van der Waals surface area contributed by atoms with E-state index in [9.17, 15) is 0 Å². The van der Waals surface area contributed by atoms with Crippen LogP contribution in [0.15, 0.2) is 54.6 Å². The van der Waals surface area contributed by atoms with E-state index in [1.807, 2.05) is 45.9 Å². The first kappa shape index (κ1) is 21.1. The molecule has 0 saturated carbocycles. The summed E-state index contributed by atoms with van der Waals surface area (Å²) in [6.45, 7) is 8.64. The van der Waals surface area contributed by atoms with E-state index in [0.717, 1.165) is 5.56 Å². The van der Waals surface area contributed by atoms with Gasteiger partial charge in [0, 0.05) is 0 Å². The van der Waals surface area contributed by atoms with Crippen LogP contribution in [-0.4, -0.2) is 48.9 Å². The second-order valence-corrected chi connectivity index (χ2v) is 9.35. The van der Waals surface area contributed by atoms with Gasteiger partial charge in [0.2, 0.25) is 5.79 Å². The summed E-state index contributed by atoms with van der Waals surface area (Å²) in [6, 6.07) is 18.7. The first-order valence-electron chi connectivity index (χ1n) is 10.9. The van der Waals surface area contributed by atoms with Gasteiger partial charge in [0.25, 0.3) is 0 Å². The smallest absolute Gasteiger partial charge is 0.224 e. The van der Waals surface area contributed by atoms with Gasteiger partial charge in [-0.3, -0.25) is 0 Å². The Morgan fingerprint density at radius 2 is 1.55 bits per heavy atom. The molecule has 3 heterocycles. The quantitative estimate of drug-likeness (QED) is 0.728. The van der Waals surface area contributed by atoms with Gasteiger partial charge in [0.1, 0.15) is 24.9 Å². The molecule has 166 valence electrons. The third-order valence-electron chi connectivity index (χ3n) is 5.98. The van der Waals surface area contributed by atoms with Gasteiger partial charge >= 0.3 is 0 Å². The Kier molecular flexibility index (Phi) is 5.20. The molecule has 31 heavy (non-hydrogen) atoms. The molecular formula is C25H30O6. The van der Waals surface area contributed by atoms with Crippen LogP contribution in [-0.2, 0) is 35.0 Å². The lowest BCUT2D eigenvalue weighted by Crippen LogP contribution is -2.62. The number of hydrogen-bond donors (Lipinski definition) is 0. The summed E-state index contributed by atoms with van der Waals surface area (Å²) in [7, 11) is 0. The molecule has 3 aliphatic heterocycles. The predicted molar refractivity (Wildman–Crippen MR) is 114 cm³/mol. The van der Waals surface area contributed by atoms with Crippen molar-refractivity contribution in [2.45, 2.75) is 70.0 Å². The Hall–Kier alpha value is -1.80. The van der Waals surface area contributed by atoms with Crippen molar-refractivity contribution in [3.63, 3.8) is 0 Å². The number of benzene rings is 2. The van der Waals surface area contributed by atoms with E-state index in [4.69, 9.17) is 28.4 Å². The summed E-state index contributed by atoms with van der Waals surface area (Å²) in [5.41, 5.74) is 3.42. The van der Waals surface area contributed by atoms with Crippen LogP contribution < -0.4 is 0 Å². The van der Waals surface area contributed by atoms with Crippen LogP contribution in [0.3, 0.4) is 0 Å². The zero-order valence-electron chi connectivity index (χ0n) is 18.5. The SMILES string of the molecule is CC1(C)O[C@H]2[C@@H](OCc3ccc(-c4ccccc4)cc3)[C@@]3(COC(C)(C)O3)OC[C@H]2O1. The number of ether oxygens (including phenoxy) is 6. The van der Waals surface area contributed by atoms with E-state index in [1.165, 1.54) is 11.1 Å². The van der Waals surface area contributed by atoms with Crippen LogP contribution in [0.5, 0.6) is 0 Å². The molecule has 0 unspecified atom stereocenters. The molecule has 0 aromatic heterocycles. The third-order valence-corrected chi connectivity index (χ3v) is 5.98. The molecule has 0 radical (unpaired) electrons. The molecule has 0 bridgehead atoms. The van der Waals surface area contributed by atoms with Crippen molar-refractivity contribution in [2.24, 2.45) is 0 Å². The Labute approximate surface area is 183 Å². The molecule has 6 nitrogen and oxygen atoms in total. The van der Waals surface area contributed by atoms with Crippen LogP contribution in [0.2, 0.25) is 0 Å². The van der Waals surface area contributed by atoms with Crippen molar-refractivity contribution < 1.29 is 28.4 Å². The molecular weight excluding hydrogens is 396 g/mol. The Balaban J connectivity index is 1.35. The Bertz CT molecular complexity index is 907. The standard InChI is InChI=1S/C25H30O6/c1-23(2)28-16-25(31-23)22(21-20(15-27-25)29-24(3,4)30-21)26-14-17-10-12-19(13-11-17)18-8-6-5-7-9-18/h5-13,20-22H,14-16H2,1-4H3/t20-,21-,22-,25+/m1/s1. The first-order valence-corrected chi connectivity index (χ1v) is 10.9. The normalized spacial score (nSPS) is 33.5. The molecule has 3 saturated heterocycles. The maximum atomic E-state index is 6.42. The summed E-state index contributed by atoms with van der Waals surface area (Å²) < 4.78 is 36.9. The van der Waals surface area contributed by atoms with Gasteiger partial charge in [-0.1, -0.05) is 54.6 Å². The molecule has 3 aliphatic rings. The highest BCUT2D eigenvalue weighted by atomic mass is 16.9. The van der Waals surface area contributed by atoms with Crippen molar-refractivity contribution in [1.29, 1.82) is 0 Å². The maximum absolute atomic E-state index is 6.42. The molecule has 0 amide bonds. The van der Waals surface area contributed by atoms with E-state index in [-0.39, 0.29) is 18.8 Å². The molecule has 2 aromatic rings. The van der Waals surface area contributed by atoms with E-state index in [1.54, 1.807) is 0 Å². The highest BCUT2D eigenvalue weighted by molar-refractivity contribution is 5.63. The fourth-order valence-corrected chi connectivity index (χ4v) is 4.60. The number of rotatable bonds is 4.